The van der Waals surface area contributed by atoms with Gasteiger partial charge in [0.25, 0.3) is 0 Å². The summed E-state index contributed by atoms with van der Waals surface area (Å²) in [6.07, 6.45) is 0. The highest BCUT2D eigenvalue weighted by molar-refractivity contribution is 7.26. The van der Waals surface area contributed by atoms with Gasteiger partial charge < -0.3 is 4.74 Å². The molecular formula is C34H22N4OS2. The molecule has 8 rings (SSSR count). The number of aryl methyl sites for hydroxylation is 2. The lowest BCUT2D eigenvalue weighted by Crippen LogP contribution is -1.93. The third-order valence-electron chi connectivity index (χ3n) is 7.22. The van der Waals surface area contributed by atoms with Crippen molar-refractivity contribution >= 4 is 63.3 Å². The molecule has 0 aliphatic heterocycles. The molecule has 196 valence electrons. The van der Waals surface area contributed by atoms with Crippen molar-refractivity contribution in [3.63, 3.8) is 0 Å². The molecule has 7 heteroatoms. The standard InChI is InChI=1S/C34H22N4OS2/c1-19-15-17-23-21-7-3-9-25(31(21)40-33(23)35-19)27-11-5-13-29(37-27)39-30-14-6-12-28(38-30)26-10-4-8-22-24-18-16-20(2)36-34(24)41-32(22)26/h3-18H,1-2H3. The second kappa shape index (κ2) is 9.44. The Labute approximate surface area is 243 Å². The highest BCUT2D eigenvalue weighted by Crippen LogP contribution is 2.40. The number of rotatable bonds is 4. The van der Waals surface area contributed by atoms with Crippen LogP contribution in [0.2, 0.25) is 0 Å². The summed E-state index contributed by atoms with van der Waals surface area (Å²) in [5.74, 6) is 0.998. The predicted molar refractivity (Wildman–Crippen MR) is 170 cm³/mol. The van der Waals surface area contributed by atoms with Crippen molar-refractivity contribution in [1.82, 2.24) is 19.9 Å². The quantitative estimate of drug-likeness (QED) is 0.212. The number of nitrogens with zero attached hydrogens (tertiary/aromatic N) is 4. The van der Waals surface area contributed by atoms with Crippen molar-refractivity contribution in [3.05, 3.63) is 108 Å². The van der Waals surface area contributed by atoms with E-state index in [1.165, 1.54) is 30.9 Å². The number of thiophene rings is 2. The number of ether oxygens (including phenoxy) is 1. The van der Waals surface area contributed by atoms with E-state index in [1.807, 2.05) is 50.2 Å². The second-order valence-corrected chi connectivity index (χ2v) is 12.0. The Morgan fingerprint density at radius 1 is 0.463 bits per heavy atom. The van der Waals surface area contributed by atoms with Gasteiger partial charge in [-0.25, -0.2) is 19.9 Å². The third-order valence-corrected chi connectivity index (χ3v) is 9.51. The van der Waals surface area contributed by atoms with E-state index in [1.54, 1.807) is 22.7 Å². The average molecular weight is 567 g/mol. The summed E-state index contributed by atoms with van der Waals surface area (Å²) in [5.41, 5.74) is 5.87. The van der Waals surface area contributed by atoms with Gasteiger partial charge in [0, 0.05) is 65.6 Å². The van der Waals surface area contributed by atoms with E-state index in [2.05, 4.69) is 60.7 Å². The molecule has 0 atom stereocenters. The molecule has 0 radical (unpaired) electrons. The molecule has 0 amide bonds. The molecule has 0 bridgehead atoms. The molecule has 0 fully saturated rings. The fourth-order valence-corrected chi connectivity index (χ4v) is 7.78. The van der Waals surface area contributed by atoms with Gasteiger partial charge in [0.15, 0.2) is 0 Å². The predicted octanol–water partition coefficient (Wildman–Crippen LogP) is 9.75. The smallest absolute Gasteiger partial charge is 0.221 e. The first-order chi connectivity index (χ1) is 20.1. The maximum absolute atomic E-state index is 6.24. The van der Waals surface area contributed by atoms with Gasteiger partial charge in [0.2, 0.25) is 11.8 Å². The monoisotopic (exact) mass is 566 g/mol. The number of hydrogen-bond acceptors (Lipinski definition) is 7. The normalized spacial score (nSPS) is 11.7. The second-order valence-electron chi connectivity index (χ2n) is 10.0. The maximum Gasteiger partial charge on any atom is 0.221 e. The van der Waals surface area contributed by atoms with Crippen LogP contribution in [-0.4, -0.2) is 19.9 Å². The molecular weight excluding hydrogens is 545 g/mol. The van der Waals surface area contributed by atoms with Crippen LogP contribution in [0.1, 0.15) is 11.4 Å². The molecule has 2 aromatic carbocycles. The Hall–Kier alpha value is -4.72. The Bertz CT molecular complexity index is 2120. The Kier molecular flexibility index (Phi) is 5.55. The number of pyridine rings is 4. The molecule has 0 aliphatic rings. The largest absolute Gasteiger partial charge is 0.421 e. The van der Waals surface area contributed by atoms with Crippen LogP contribution < -0.4 is 4.74 Å². The molecule has 6 heterocycles. The number of fused-ring (bicyclic) bond motifs is 6. The van der Waals surface area contributed by atoms with E-state index in [0.717, 1.165) is 43.6 Å². The van der Waals surface area contributed by atoms with Gasteiger partial charge >= 0.3 is 0 Å². The molecule has 0 N–H and O–H groups in total. The summed E-state index contributed by atoms with van der Waals surface area (Å²) in [4.78, 5) is 21.4. The van der Waals surface area contributed by atoms with Gasteiger partial charge in [-0.3, -0.25) is 0 Å². The van der Waals surface area contributed by atoms with Crippen LogP contribution in [0.4, 0.5) is 0 Å². The van der Waals surface area contributed by atoms with Crippen LogP contribution in [-0.2, 0) is 0 Å². The zero-order valence-electron chi connectivity index (χ0n) is 22.3. The SMILES string of the molecule is Cc1ccc2c(n1)sc1c(-c3cccc(Oc4cccc(-c5cccc6c5sc5nc(C)ccc56)n4)n3)cccc12. The molecule has 0 unspecified atom stereocenters. The first-order valence-electron chi connectivity index (χ1n) is 13.3. The molecule has 8 aromatic rings. The summed E-state index contributed by atoms with van der Waals surface area (Å²) >= 11 is 3.40. The fourth-order valence-electron chi connectivity index (χ4n) is 5.30. The van der Waals surface area contributed by atoms with Crippen molar-refractivity contribution in [1.29, 1.82) is 0 Å². The van der Waals surface area contributed by atoms with Crippen molar-refractivity contribution in [3.8, 4) is 34.3 Å². The van der Waals surface area contributed by atoms with Gasteiger partial charge in [-0.1, -0.05) is 48.5 Å². The lowest BCUT2D eigenvalue weighted by molar-refractivity contribution is 0.446. The molecule has 6 aromatic heterocycles. The lowest BCUT2D eigenvalue weighted by Gasteiger charge is -2.09. The minimum atomic E-state index is 0.499. The summed E-state index contributed by atoms with van der Waals surface area (Å²) in [5, 5.41) is 4.73. The van der Waals surface area contributed by atoms with Gasteiger partial charge in [-0.2, -0.15) is 0 Å². The van der Waals surface area contributed by atoms with Crippen molar-refractivity contribution in [2.24, 2.45) is 0 Å². The number of hydrogen-bond donors (Lipinski definition) is 0. The van der Waals surface area contributed by atoms with E-state index < -0.39 is 0 Å². The molecule has 5 nitrogen and oxygen atoms in total. The highest BCUT2D eigenvalue weighted by atomic mass is 32.1. The first-order valence-corrected chi connectivity index (χ1v) is 14.9. The third kappa shape index (κ3) is 4.13. The summed E-state index contributed by atoms with van der Waals surface area (Å²) in [7, 11) is 0. The maximum atomic E-state index is 6.24. The van der Waals surface area contributed by atoms with Gasteiger partial charge in [-0.05, 0) is 50.2 Å². The molecule has 0 spiro atoms. The highest BCUT2D eigenvalue weighted by Gasteiger charge is 2.15. The zero-order valence-corrected chi connectivity index (χ0v) is 23.9. The van der Waals surface area contributed by atoms with E-state index in [4.69, 9.17) is 24.7 Å². The Morgan fingerprint density at radius 3 is 1.41 bits per heavy atom. The minimum absolute atomic E-state index is 0.499. The minimum Gasteiger partial charge on any atom is -0.421 e. The Morgan fingerprint density at radius 2 is 0.927 bits per heavy atom. The molecule has 41 heavy (non-hydrogen) atoms. The molecule has 0 aliphatic carbocycles. The topological polar surface area (TPSA) is 60.8 Å². The van der Waals surface area contributed by atoms with Crippen LogP contribution in [0, 0.1) is 13.8 Å². The van der Waals surface area contributed by atoms with E-state index in [0.29, 0.717) is 11.8 Å². The molecule has 0 saturated carbocycles. The zero-order chi connectivity index (χ0) is 27.5. The summed E-state index contributed by atoms with van der Waals surface area (Å²) < 4.78 is 8.58. The number of aromatic nitrogens is 4. The number of benzene rings is 2. The van der Waals surface area contributed by atoms with Crippen molar-refractivity contribution in [2.75, 3.05) is 0 Å². The van der Waals surface area contributed by atoms with Crippen molar-refractivity contribution in [2.45, 2.75) is 13.8 Å². The summed E-state index contributed by atoms with van der Waals surface area (Å²) in [6.45, 7) is 4.05. The first kappa shape index (κ1) is 24.1. The molecule has 0 saturated heterocycles. The average Bonchev–Trinajstić information content (AvgIpc) is 3.54. The van der Waals surface area contributed by atoms with Crippen LogP contribution >= 0.6 is 22.7 Å². The van der Waals surface area contributed by atoms with Crippen LogP contribution in [0.5, 0.6) is 11.8 Å². The van der Waals surface area contributed by atoms with Gasteiger partial charge in [-0.15, -0.1) is 22.7 Å². The van der Waals surface area contributed by atoms with Crippen LogP contribution in [0.3, 0.4) is 0 Å². The summed E-state index contributed by atoms with van der Waals surface area (Å²) in [6, 6.07) is 32.8. The Balaban J connectivity index is 1.16. The van der Waals surface area contributed by atoms with E-state index in [9.17, 15) is 0 Å². The van der Waals surface area contributed by atoms with Crippen LogP contribution in [0.25, 0.3) is 63.1 Å². The van der Waals surface area contributed by atoms with E-state index >= 15 is 0 Å². The lowest BCUT2D eigenvalue weighted by atomic mass is 10.1. The van der Waals surface area contributed by atoms with E-state index in [-0.39, 0.29) is 0 Å². The van der Waals surface area contributed by atoms with Gasteiger partial charge in [0.1, 0.15) is 9.66 Å². The van der Waals surface area contributed by atoms with Crippen LogP contribution in [0.15, 0.2) is 97.1 Å². The van der Waals surface area contributed by atoms with Gasteiger partial charge in [0.05, 0.1) is 11.4 Å². The van der Waals surface area contributed by atoms with Crippen molar-refractivity contribution < 1.29 is 4.74 Å². The fraction of sp³-hybridized carbons (Fsp3) is 0.0588.